The molecule has 2 aromatic heterocycles. The molecule has 1 saturated heterocycles. The van der Waals surface area contributed by atoms with Crippen molar-refractivity contribution in [3.05, 3.63) is 39.9 Å². The molecule has 5 nitrogen and oxygen atoms in total. The summed E-state index contributed by atoms with van der Waals surface area (Å²) in [5.74, 6) is 1.17. The SMILES string of the molecule is S=c1n(CN2CCCCC2c2nc3ccccc3s2)nc2n1CCCCC2. The maximum atomic E-state index is 5.77. The molecular weight excluding hydrogens is 374 g/mol. The van der Waals surface area contributed by atoms with Crippen LogP contribution in [0.5, 0.6) is 0 Å². The molecule has 0 bridgehead atoms. The largest absolute Gasteiger partial charge is 0.304 e. The second-order valence-electron chi connectivity index (χ2n) is 7.65. The minimum absolute atomic E-state index is 0.375. The molecule has 2 aliphatic rings. The fraction of sp³-hybridized carbons (Fsp3) is 0.550. The van der Waals surface area contributed by atoms with E-state index in [1.54, 1.807) is 0 Å². The van der Waals surface area contributed by atoms with Crippen LogP contribution in [0.3, 0.4) is 0 Å². The molecule has 27 heavy (non-hydrogen) atoms. The minimum atomic E-state index is 0.375. The maximum Gasteiger partial charge on any atom is 0.199 e. The summed E-state index contributed by atoms with van der Waals surface area (Å²) in [5, 5.41) is 6.13. The van der Waals surface area contributed by atoms with Crippen LogP contribution >= 0.6 is 23.6 Å². The number of likely N-dealkylation sites (tertiary alicyclic amines) is 1. The number of nitrogens with zero attached hydrogens (tertiary/aromatic N) is 5. The normalized spacial score (nSPS) is 21.3. The van der Waals surface area contributed by atoms with Gasteiger partial charge >= 0.3 is 0 Å². The van der Waals surface area contributed by atoms with Crippen molar-refractivity contribution in [3.8, 4) is 0 Å². The lowest BCUT2D eigenvalue weighted by Gasteiger charge is -2.34. The zero-order valence-electron chi connectivity index (χ0n) is 15.5. The Morgan fingerprint density at radius 3 is 2.89 bits per heavy atom. The number of hydrogen-bond donors (Lipinski definition) is 0. The molecule has 7 heteroatoms. The van der Waals surface area contributed by atoms with Gasteiger partial charge in [0.2, 0.25) is 0 Å². The van der Waals surface area contributed by atoms with Gasteiger partial charge < -0.3 is 4.57 Å². The van der Waals surface area contributed by atoms with Gasteiger partial charge in [-0.25, -0.2) is 9.67 Å². The first kappa shape index (κ1) is 17.5. The third-order valence-electron chi connectivity index (χ3n) is 5.81. The summed E-state index contributed by atoms with van der Waals surface area (Å²) >= 11 is 7.61. The van der Waals surface area contributed by atoms with E-state index < -0.39 is 0 Å². The summed E-state index contributed by atoms with van der Waals surface area (Å²) in [4.78, 5) is 7.48. The van der Waals surface area contributed by atoms with Crippen LogP contribution in [0.1, 0.15) is 55.4 Å². The van der Waals surface area contributed by atoms with Crippen LogP contribution in [0.2, 0.25) is 0 Å². The monoisotopic (exact) mass is 399 g/mol. The van der Waals surface area contributed by atoms with E-state index in [9.17, 15) is 0 Å². The second-order valence-corrected chi connectivity index (χ2v) is 9.07. The highest BCUT2D eigenvalue weighted by Gasteiger charge is 2.28. The Balaban J connectivity index is 1.44. The Morgan fingerprint density at radius 2 is 1.96 bits per heavy atom. The smallest absolute Gasteiger partial charge is 0.199 e. The second kappa shape index (κ2) is 7.45. The molecule has 1 atom stereocenters. The molecule has 0 saturated carbocycles. The highest BCUT2D eigenvalue weighted by Crippen LogP contribution is 2.35. The summed E-state index contributed by atoms with van der Waals surface area (Å²) in [6, 6.07) is 8.83. The average Bonchev–Trinajstić information content (AvgIpc) is 3.15. The zero-order chi connectivity index (χ0) is 18.2. The fourth-order valence-electron chi connectivity index (χ4n) is 4.36. The molecule has 0 amide bonds. The Labute approximate surface area is 168 Å². The van der Waals surface area contributed by atoms with Gasteiger partial charge in [0.1, 0.15) is 10.8 Å². The third kappa shape index (κ3) is 3.37. The molecule has 5 rings (SSSR count). The van der Waals surface area contributed by atoms with Gasteiger partial charge in [-0.05, 0) is 50.0 Å². The van der Waals surface area contributed by atoms with E-state index in [0.29, 0.717) is 6.04 Å². The summed E-state index contributed by atoms with van der Waals surface area (Å²) in [6.07, 6.45) is 8.45. The highest BCUT2D eigenvalue weighted by molar-refractivity contribution is 7.71. The fourth-order valence-corrected chi connectivity index (χ4v) is 5.79. The highest BCUT2D eigenvalue weighted by atomic mass is 32.1. The Morgan fingerprint density at radius 1 is 1.07 bits per heavy atom. The van der Waals surface area contributed by atoms with Crippen LogP contribution in [0.15, 0.2) is 24.3 Å². The summed E-state index contributed by atoms with van der Waals surface area (Å²) < 4.78 is 6.49. The zero-order valence-corrected chi connectivity index (χ0v) is 17.1. The van der Waals surface area contributed by atoms with Gasteiger partial charge in [0.05, 0.1) is 22.9 Å². The van der Waals surface area contributed by atoms with E-state index >= 15 is 0 Å². The van der Waals surface area contributed by atoms with Crippen LogP contribution in [0.25, 0.3) is 10.2 Å². The Kier molecular flexibility index (Phi) is 4.83. The number of hydrogen-bond acceptors (Lipinski definition) is 5. The first-order chi connectivity index (χ1) is 13.3. The van der Waals surface area contributed by atoms with Crippen molar-refractivity contribution >= 4 is 33.8 Å². The Hall–Kier alpha value is -1.57. The lowest BCUT2D eigenvalue weighted by Crippen LogP contribution is -2.35. The van der Waals surface area contributed by atoms with Crippen molar-refractivity contribution in [1.82, 2.24) is 24.2 Å². The van der Waals surface area contributed by atoms with Gasteiger partial charge in [-0.1, -0.05) is 25.0 Å². The molecule has 2 aliphatic heterocycles. The standard InChI is InChI=1S/C20H25N5S2/c26-20-24-13-6-1-2-11-18(24)22-25(20)14-23-12-7-5-9-16(23)19-21-15-8-3-4-10-17(15)27-19/h3-4,8,10,16H,1-2,5-7,9,11-14H2. The van der Waals surface area contributed by atoms with E-state index in [1.807, 2.05) is 11.3 Å². The van der Waals surface area contributed by atoms with Gasteiger partial charge in [-0.15, -0.1) is 11.3 Å². The molecule has 1 unspecified atom stereocenters. The van der Waals surface area contributed by atoms with Gasteiger partial charge in [-0.2, -0.15) is 5.10 Å². The van der Waals surface area contributed by atoms with E-state index in [0.717, 1.165) is 36.5 Å². The predicted molar refractivity (Wildman–Crippen MR) is 112 cm³/mol. The summed E-state index contributed by atoms with van der Waals surface area (Å²) in [6.45, 7) is 2.89. The molecule has 0 N–H and O–H groups in total. The summed E-state index contributed by atoms with van der Waals surface area (Å²) in [7, 11) is 0. The van der Waals surface area contributed by atoms with Crippen molar-refractivity contribution in [1.29, 1.82) is 0 Å². The topological polar surface area (TPSA) is 38.9 Å². The molecule has 0 spiro atoms. The third-order valence-corrected chi connectivity index (χ3v) is 7.38. The molecule has 4 heterocycles. The van der Waals surface area contributed by atoms with Crippen molar-refractivity contribution in [2.45, 2.75) is 64.2 Å². The van der Waals surface area contributed by atoms with Gasteiger partial charge in [-0.3, -0.25) is 4.90 Å². The molecule has 0 radical (unpaired) electrons. The van der Waals surface area contributed by atoms with Crippen LogP contribution in [0.4, 0.5) is 0 Å². The van der Waals surface area contributed by atoms with Crippen molar-refractivity contribution < 1.29 is 0 Å². The number of benzene rings is 1. The molecule has 142 valence electrons. The van der Waals surface area contributed by atoms with E-state index in [4.69, 9.17) is 22.3 Å². The molecular formula is C20H25N5S2. The molecule has 1 fully saturated rings. The van der Waals surface area contributed by atoms with Crippen LogP contribution < -0.4 is 0 Å². The lowest BCUT2D eigenvalue weighted by atomic mass is 10.0. The van der Waals surface area contributed by atoms with Crippen molar-refractivity contribution in [2.24, 2.45) is 0 Å². The van der Waals surface area contributed by atoms with Gasteiger partial charge in [0.15, 0.2) is 4.77 Å². The lowest BCUT2D eigenvalue weighted by molar-refractivity contribution is 0.103. The van der Waals surface area contributed by atoms with Gasteiger partial charge in [0.25, 0.3) is 0 Å². The summed E-state index contributed by atoms with van der Waals surface area (Å²) in [5.41, 5.74) is 1.12. The molecule has 0 aliphatic carbocycles. The minimum Gasteiger partial charge on any atom is -0.304 e. The first-order valence-corrected chi connectivity index (χ1v) is 11.3. The number of aryl methyl sites for hydroxylation is 1. The number of piperidine rings is 1. The first-order valence-electron chi connectivity index (χ1n) is 10.1. The number of rotatable bonds is 3. The number of fused-ring (bicyclic) bond motifs is 2. The van der Waals surface area contributed by atoms with E-state index in [2.05, 4.69) is 38.4 Å². The van der Waals surface area contributed by atoms with E-state index in [-0.39, 0.29) is 0 Å². The van der Waals surface area contributed by atoms with Crippen LogP contribution in [-0.2, 0) is 19.6 Å². The molecule has 1 aromatic carbocycles. The number of aromatic nitrogens is 4. The van der Waals surface area contributed by atoms with Crippen LogP contribution in [-0.4, -0.2) is 30.8 Å². The Bertz CT molecular complexity index is 968. The number of thiazole rings is 1. The quantitative estimate of drug-likeness (QED) is 0.585. The predicted octanol–water partition coefficient (Wildman–Crippen LogP) is 4.93. The van der Waals surface area contributed by atoms with Gasteiger partial charge in [0, 0.05) is 19.5 Å². The maximum absolute atomic E-state index is 5.77. The van der Waals surface area contributed by atoms with Crippen LogP contribution in [0, 0.1) is 4.77 Å². The number of para-hydroxylation sites is 1. The van der Waals surface area contributed by atoms with E-state index in [1.165, 1.54) is 54.1 Å². The van der Waals surface area contributed by atoms with Crippen molar-refractivity contribution in [3.63, 3.8) is 0 Å². The average molecular weight is 400 g/mol. The molecule has 3 aromatic rings. The van der Waals surface area contributed by atoms with Crippen molar-refractivity contribution in [2.75, 3.05) is 6.54 Å².